The van der Waals surface area contributed by atoms with Gasteiger partial charge in [0.1, 0.15) is 5.75 Å². The van der Waals surface area contributed by atoms with E-state index in [-0.39, 0.29) is 17.7 Å². The van der Waals surface area contributed by atoms with Crippen molar-refractivity contribution in [1.29, 1.82) is 0 Å². The number of nitrogens with zero attached hydrogens (tertiary/aromatic N) is 4. The first-order valence-corrected chi connectivity index (χ1v) is 14.7. The zero-order valence-corrected chi connectivity index (χ0v) is 24.2. The summed E-state index contributed by atoms with van der Waals surface area (Å²) in [5, 5.41) is 10.3. The average Bonchev–Trinajstić information content (AvgIpc) is 2.99. The summed E-state index contributed by atoms with van der Waals surface area (Å²) >= 11 is 0. The molecule has 2 atom stereocenters. The van der Waals surface area contributed by atoms with Crippen molar-refractivity contribution in [2.45, 2.75) is 25.6 Å². The fourth-order valence-electron chi connectivity index (χ4n) is 6.20. The van der Waals surface area contributed by atoms with Crippen LogP contribution in [0, 0.1) is 0 Å². The van der Waals surface area contributed by atoms with Crippen LogP contribution in [-0.4, -0.2) is 89.0 Å². The maximum absolute atomic E-state index is 13.7. The third-order valence-electron chi connectivity index (χ3n) is 8.40. The zero-order chi connectivity index (χ0) is 28.8. The van der Waals surface area contributed by atoms with Gasteiger partial charge in [-0.3, -0.25) is 19.5 Å². The normalized spacial score (nSPS) is 19.5. The Morgan fingerprint density at radius 3 is 2.24 bits per heavy atom. The average molecular weight is 551 g/mol. The van der Waals surface area contributed by atoms with E-state index in [1.54, 1.807) is 6.07 Å². The molecular formula is C35H42N4O2. The number of carbonyl (C=O) groups is 1. The minimum Gasteiger partial charge on any atom is -0.508 e. The number of hydrogen-bond donors (Lipinski definition) is 1. The minimum atomic E-state index is -0.0555. The van der Waals surface area contributed by atoms with Gasteiger partial charge < -0.3 is 10.0 Å². The van der Waals surface area contributed by atoms with Crippen LogP contribution in [0.5, 0.6) is 5.75 Å². The Bertz CT molecular complexity index is 1350. The molecule has 0 spiro atoms. The van der Waals surface area contributed by atoms with Crippen LogP contribution in [0.3, 0.4) is 0 Å². The Labute approximate surface area is 244 Å². The molecule has 6 heteroatoms. The second-order valence-electron chi connectivity index (χ2n) is 11.3. The first kappa shape index (κ1) is 28.8. The largest absolute Gasteiger partial charge is 0.508 e. The second-order valence-corrected chi connectivity index (χ2v) is 11.3. The molecule has 2 heterocycles. The predicted molar refractivity (Wildman–Crippen MR) is 167 cm³/mol. The monoisotopic (exact) mass is 550 g/mol. The number of amides is 1. The number of rotatable bonds is 9. The molecule has 2 aliphatic heterocycles. The molecule has 0 aliphatic carbocycles. The Morgan fingerprint density at radius 2 is 1.59 bits per heavy atom. The second kappa shape index (κ2) is 13.3. The molecule has 214 valence electrons. The third kappa shape index (κ3) is 6.96. The van der Waals surface area contributed by atoms with E-state index in [4.69, 9.17) is 0 Å². The van der Waals surface area contributed by atoms with Gasteiger partial charge in [0.25, 0.3) is 5.91 Å². The fraction of sp³-hybridized carbons (Fsp3) is 0.343. The van der Waals surface area contributed by atoms with Crippen molar-refractivity contribution in [3.05, 3.63) is 120 Å². The Balaban J connectivity index is 1.30. The van der Waals surface area contributed by atoms with Gasteiger partial charge >= 0.3 is 0 Å². The summed E-state index contributed by atoms with van der Waals surface area (Å²) in [6.45, 7) is 17.7. The molecule has 0 saturated carbocycles. The van der Waals surface area contributed by atoms with E-state index in [2.05, 4.69) is 77.2 Å². The van der Waals surface area contributed by atoms with Crippen molar-refractivity contribution in [2.75, 3.05) is 52.4 Å². The van der Waals surface area contributed by atoms with Crippen molar-refractivity contribution in [2.24, 2.45) is 0 Å². The molecule has 3 aromatic rings. The summed E-state index contributed by atoms with van der Waals surface area (Å²) in [5.41, 5.74) is 5.24. The van der Waals surface area contributed by atoms with Crippen LogP contribution in [-0.2, 0) is 6.54 Å². The summed E-state index contributed by atoms with van der Waals surface area (Å²) in [6.07, 6.45) is 3.82. The van der Waals surface area contributed by atoms with Gasteiger partial charge in [0.2, 0.25) is 0 Å². The highest BCUT2D eigenvalue weighted by Gasteiger charge is 2.32. The van der Waals surface area contributed by atoms with Gasteiger partial charge in [-0.1, -0.05) is 67.3 Å². The molecule has 2 unspecified atom stereocenters. The maximum Gasteiger partial charge on any atom is 0.253 e. The molecule has 1 amide bonds. The standard InChI is InChI=1S/C35H42N4O2/c1-4-16-36-19-22-39(27(3)25-36)34(31-9-7-11-33(40)24-31)30-8-6-10-32(23-30)35(41)38-20-17-37(18-21-38)26-29-14-12-28(5-2)13-15-29/h4-15,23-24,27,34,40H,1-2,16-22,25-26H2,3H3. The first-order valence-electron chi connectivity index (χ1n) is 14.7. The Morgan fingerprint density at radius 1 is 0.902 bits per heavy atom. The number of carbonyl (C=O) groups excluding carboxylic acids is 1. The summed E-state index contributed by atoms with van der Waals surface area (Å²) in [4.78, 5) is 23.0. The molecule has 2 fully saturated rings. The van der Waals surface area contributed by atoms with Crippen LogP contribution in [0.4, 0.5) is 0 Å². The van der Waals surface area contributed by atoms with Crippen LogP contribution in [0.1, 0.15) is 45.6 Å². The van der Waals surface area contributed by atoms with E-state index < -0.39 is 0 Å². The zero-order valence-electron chi connectivity index (χ0n) is 24.2. The van der Waals surface area contributed by atoms with E-state index in [1.807, 2.05) is 41.3 Å². The summed E-state index contributed by atoms with van der Waals surface area (Å²) in [5.74, 6) is 0.340. The van der Waals surface area contributed by atoms with Crippen molar-refractivity contribution >= 4 is 12.0 Å². The van der Waals surface area contributed by atoms with Crippen molar-refractivity contribution in [3.63, 3.8) is 0 Å². The fourth-order valence-corrected chi connectivity index (χ4v) is 6.20. The Kier molecular flexibility index (Phi) is 9.35. The van der Waals surface area contributed by atoms with Gasteiger partial charge in [0.15, 0.2) is 0 Å². The van der Waals surface area contributed by atoms with Crippen molar-refractivity contribution in [1.82, 2.24) is 19.6 Å². The van der Waals surface area contributed by atoms with Crippen LogP contribution < -0.4 is 0 Å². The van der Waals surface area contributed by atoms with Gasteiger partial charge in [-0.05, 0) is 53.4 Å². The molecule has 1 N–H and O–H groups in total. The summed E-state index contributed by atoms with van der Waals surface area (Å²) in [7, 11) is 0. The number of hydrogen-bond acceptors (Lipinski definition) is 5. The predicted octanol–water partition coefficient (Wildman–Crippen LogP) is 5.27. The molecule has 41 heavy (non-hydrogen) atoms. The first-order chi connectivity index (χ1) is 19.9. The molecule has 6 nitrogen and oxygen atoms in total. The van der Waals surface area contributed by atoms with Crippen molar-refractivity contribution in [3.8, 4) is 5.75 Å². The number of piperazine rings is 2. The van der Waals surface area contributed by atoms with Gasteiger partial charge in [0, 0.05) is 70.5 Å². The van der Waals surface area contributed by atoms with E-state index >= 15 is 0 Å². The molecule has 0 bridgehead atoms. The van der Waals surface area contributed by atoms with Gasteiger partial charge in [-0.2, -0.15) is 0 Å². The van der Waals surface area contributed by atoms with Crippen LogP contribution in [0.15, 0.2) is 92.0 Å². The van der Waals surface area contributed by atoms with E-state index in [0.717, 1.165) is 68.1 Å². The molecule has 3 aromatic carbocycles. The molecule has 2 aliphatic rings. The summed E-state index contributed by atoms with van der Waals surface area (Å²) in [6, 6.07) is 24.4. The van der Waals surface area contributed by atoms with E-state index in [0.29, 0.717) is 19.1 Å². The number of aromatic hydroxyl groups is 1. The minimum absolute atomic E-state index is 0.0555. The number of phenols is 1. The van der Waals surface area contributed by atoms with Crippen LogP contribution in [0.25, 0.3) is 6.08 Å². The summed E-state index contributed by atoms with van der Waals surface area (Å²) < 4.78 is 0. The molecular weight excluding hydrogens is 508 g/mol. The molecule has 0 aromatic heterocycles. The van der Waals surface area contributed by atoms with E-state index in [9.17, 15) is 9.90 Å². The number of benzene rings is 3. The maximum atomic E-state index is 13.7. The van der Waals surface area contributed by atoms with Crippen molar-refractivity contribution < 1.29 is 9.90 Å². The lowest BCUT2D eigenvalue weighted by Gasteiger charge is -2.44. The lowest BCUT2D eigenvalue weighted by molar-refractivity contribution is 0.0625. The van der Waals surface area contributed by atoms with Crippen LogP contribution in [0.2, 0.25) is 0 Å². The topological polar surface area (TPSA) is 50.3 Å². The smallest absolute Gasteiger partial charge is 0.253 e. The highest BCUT2D eigenvalue weighted by molar-refractivity contribution is 5.94. The molecule has 0 radical (unpaired) electrons. The quantitative estimate of drug-likeness (QED) is 0.368. The van der Waals surface area contributed by atoms with Gasteiger partial charge in [-0.25, -0.2) is 0 Å². The lowest BCUT2D eigenvalue weighted by atomic mass is 9.93. The highest BCUT2D eigenvalue weighted by atomic mass is 16.3. The number of phenolic OH excluding ortho intramolecular Hbond substituents is 1. The lowest BCUT2D eigenvalue weighted by Crippen LogP contribution is -2.53. The third-order valence-corrected chi connectivity index (χ3v) is 8.40. The SMILES string of the molecule is C=CCN1CCN(C(c2cccc(O)c2)c2cccc(C(=O)N3CCN(Cc4ccc(C=C)cc4)CC3)c2)C(C)C1. The highest BCUT2D eigenvalue weighted by Crippen LogP contribution is 2.34. The molecule has 2 saturated heterocycles. The van der Waals surface area contributed by atoms with Gasteiger partial charge in [-0.15, -0.1) is 6.58 Å². The van der Waals surface area contributed by atoms with Crippen LogP contribution >= 0.6 is 0 Å². The van der Waals surface area contributed by atoms with Gasteiger partial charge in [0.05, 0.1) is 6.04 Å². The molecule has 5 rings (SSSR count). The Hall–Kier alpha value is -3.71. The van der Waals surface area contributed by atoms with E-state index in [1.165, 1.54) is 5.56 Å².